The van der Waals surface area contributed by atoms with E-state index in [4.69, 9.17) is 21.3 Å². The highest BCUT2D eigenvalue weighted by Crippen LogP contribution is 2.38. The van der Waals surface area contributed by atoms with Crippen molar-refractivity contribution in [2.45, 2.75) is 19.4 Å². The van der Waals surface area contributed by atoms with Crippen LogP contribution in [0.2, 0.25) is 5.02 Å². The van der Waals surface area contributed by atoms with Gasteiger partial charge in [0.1, 0.15) is 18.1 Å². The van der Waals surface area contributed by atoms with Gasteiger partial charge in [-0.25, -0.2) is 15.0 Å². The van der Waals surface area contributed by atoms with E-state index < -0.39 is 0 Å². The van der Waals surface area contributed by atoms with Crippen LogP contribution >= 0.6 is 11.6 Å². The summed E-state index contributed by atoms with van der Waals surface area (Å²) < 4.78 is 6.47. The number of aryl methyl sites for hydroxylation is 1. The number of H-pyrrole nitrogens is 1. The van der Waals surface area contributed by atoms with Crippen molar-refractivity contribution >= 4 is 33.5 Å². The van der Waals surface area contributed by atoms with Crippen molar-refractivity contribution in [1.82, 2.24) is 19.9 Å². The van der Waals surface area contributed by atoms with E-state index in [9.17, 15) is 0 Å². The molecule has 0 saturated heterocycles. The van der Waals surface area contributed by atoms with Gasteiger partial charge in [-0.05, 0) is 30.7 Å². The molecular weight excluding hydrogens is 420 g/mol. The lowest BCUT2D eigenvalue weighted by Crippen LogP contribution is -2.11. The van der Waals surface area contributed by atoms with E-state index in [1.54, 1.807) is 0 Å². The minimum atomic E-state index is -0.357. The Morgan fingerprint density at radius 3 is 2.84 bits per heavy atom. The standard InChI is InChI=1S/C26H21ClN4O/c1-3-7-22(32-26-19-12-13-28-25(19)29-15-30-26)20-14-17-9-6-8-16(2)23(17)31-24(20)18-10-4-5-11-21(18)27/h3-6,8-15,22H,1,7H2,2H3,(H,28,29,30). The average Bonchev–Trinajstić information content (AvgIpc) is 3.29. The zero-order chi connectivity index (χ0) is 22.1. The van der Waals surface area contributed by atoms with E-state index in [1.807, 2.05) is 48.7 Å². The Bertz CT molecular complexity index is 1440. The number of pyridine rings is 1. The van der Waals surface area contributed by atoms with Crippen LogP contribution < -0.4 is 4.74 Å². The number of aromatic nitrogens is 4. The van der Waals surface area contributed by atoms with E-state index >= 15 is 0 Å². The van der Waals surface area contributed by atoms with Crippen molar-refractivity contribution in [1.29, 1.82) is 0 Å². The highest BCUT2D eigenvalue weighted by atomic mass is 35.5. The summed E-state index contributed by atoms with van der Waals surface area (Å²) >= 11 is 6.60. The fraction of sp³-hybridized carbons (Fsp3) is 0.115. The van der Waals surface area contributed by atoms with Crippen LogP contribution in [0.3, 0.4) is 0 Å². The lowest BCUT2D eigenvalue weighted by molar-refractivity contribution is 0.204. The Morgan fingerprint density at radius 1 is 1.12 bits per heavy atom. The minimum absolute atomic E-state index is 0.357. The molecule has 0 radical (unpaired) electrons. The number of nitrogens with zero attached hydrogens (tertiary/aromatic N) is 3. The smallest absolute Gasteiger partial charge is 0.226 e. The lowest BCUT2D eigenvalue weighted by Gasteiger charge is -2.22. The predicted molar refractivity (Wildman–Crippen MR) is 129 cm³/mol. The van der Waals surface area contributed by atoms with Crippen molar-refractivity contribution in [3.63, 3.8) is 0 Å². The zero-order valence-electron chi connectivity index (χ0n) is 17.5. The largest absolute Gasteiger partial charge is 0.468 e. The molecule has 6 heteroatoms. The Labute approximate surface area is 190 Å². The van der Waals surface area contributed by atoms with Crippen LogP contribution in [0.25, 0.3) is 33.2 Å². The van der Waals surface area contributed by atoms with Crippen LogP contribution in [0.4, 0.5) is 0 Å². The Kier molecular flexibility index (Phi) is 5.33. The van der Waals surface area contributed by atoms with Gasteiger partial charge in [0, 0.05) is 34.2 Å². The van der Waals surface area contributed by atoms with Gasteiger partial charge in [0.2, 0.25) is 5.88 Å². The molecule has 0 aliphatic carbocycles. The maximum Gasteiger partial charge on any atom is 0.226 e. The van der Waals surface area contributed by atoms with Gasteiger partial charge in [-0.3, -0.25) is 0 Å². The summed E-state index contributed by atoms with van der Waals surface area (Å²) in [6.07, 6.45) is 5.38. The summed E-state index contributed by atoms with van der Waals surface area (Å²) in [7, 11) is 0. The fourth-order valence-electron chi connectivity index (χ4n) is 3.94. The molecule has 0 aliphatic heterocycles. The molecule has 1 unspecified atom stereocenters. The van der Waals surface area contributed by atoms with Crippen LogP contribution in [0, 0.1) is 6.92 Å². The molecule has 0 spiro atoms. The van der Waals surface area contributed by atoms with E-state index in [2.05, 4.69) is 46.7 Å². The summed E-state index contributed by atoms with van der Waals surface area (Å²) in [6.45, 7) is 6.01. The highest BCUT2D eigenvalue weighted by Gasteiger charge is 2.22. The van der Waals surface area contributed by atoms with Gasteiger partial charge in [0.05, 0.1) is 16.6 Å². The van der Waals surface area contributed by atoms with E-state index in [0.717, 1.165) is 44.3 Å². The molecule has 0 amide bonds. The Morgan fingerprint density at radius 2 is 2.00 bits per heavy atom. The number of nitrogens with one attached hydrogen (secondary N) is 1. The van der Waals surface area contributed by atoms with Gasteiger partial charge in [-0.15, -0.1) is 6.58 Å². The number of rotatable bonds is 6. The number of hydrogen-bond acceptors (Lipinski definition) is 4. The van der Waals surface area contributed by atoms with Gasteiger partial charge in [-0.1, -0.05) is 54.1 Å². The number of fused-ring (bicyclic) bond motifs is 2. The summed E-state index contributed by atoms with van der Waals surface area (Å²) in [5.74, 6) is 0.512. The topological polar surface area (TPSA) is 63.7 Å². The number of ether oxygens (including phenoxy) is 1. The first kappa shape index (κ1) is 20.2. The highest BCUT2D eigenvalue weighted by molar-refractivity contribution is 6.33. The molecule has 0 bridgehead atoms. The molecule has 0 saturated carbocycles. The van der Waals surface area contributed by atoms with Crippen LogP contribution in [0.5, 0.6) is 5.88 Å². The van der Waals surface area contributed by atoms with E-state index in [-0.39, 0.29) is 6.10 Å². The third-order valence-corrected chi connectivity index (χ3v) is 5.83. The zero-order valence-corrected chi connectivity index (χ0v) is 18.3. The molecule has 5 rings (SSSR count). The van der Waals surface area contributed by atoms with E-state index in [1.165, 1.54) is 6.33 Å². The fourth-order valence-corrected chi connectivity index (χ4v) is 4.17. The molecule has 158 valence electrons. The van der Waals surface area contributed by atoms with Crippen LogP contribution in [-0.4, -0.2) is 19.9 Å². The van der Waals surface area contributed by atoms with Crippen molar-refractivity contribution in [3.05, 3.63) is 95.9 Å². The molecule has 32 heavy (non-hydrogen) atoms. The molecular formula is C26H21ClN4O. The number of hydrogen-bond donors (Lipinski definition) is 1. The third-order valence-electron chi connectivity index (χ3n) is 5.50. The first-order valence-electron chi connectivity index (χ1n) is 10.4. The Balaban J connectivity index is 1.72. The van der Waals surface area contributed by atoms with Crippen molar-refractivity contribution in [2.24, 2.45) is 0 Å². The predicted octanol–water partition coefficient (Wildman–Crippen LogP) is 6.83. The number of halogens is 1. The molecule has 3 aromatic heterocycles. The maximum atomic E-state index is 6.60. The Hall–Kier alpha value is -3.70. The maximum absolute atomic E-state index is 6.60. The summed E-state index contributed by atoms with van der Waals surface area (Å²) in [5.41, 5.74) is 5.36. The van der Waals surface area contributed by atoms with E-state index in [0.29, 0.717) is 17.3 Å². The molecule has 1 atom stereocenters. The molecule has 3 heterocycles. The van der Waals surface area contributed by atoms with Gasteiger partial charge in [0.15, 0.2) is 0 Å². The first-order valence-corrected chi connectivity index (χ1v) is 10.7. The molecule has 5 aromatic rings. The summed E-state index contributed by atoms with van der Waals surface area (Å²) in [6, 6.07) is 18.0. The van der Waals surface area contributed by atoms with Crippen molar-refractivity contribution in [2.75, 3.05) is 0 Å². The normalized spacial score (nSPS) is 12.2. The average molecular weight is 441 g/mol. The molecule has 5 nitrogen and oxygen atoms in total. The van der Waals surface area contributed by atoms with Gasteiger partial charge in [0.25, 0.3) is 0 Å². The number of para-hydroxylation sites is 1. The molecule has 2 aromatic carbocycles. The van der Waals surface area contributed by atoms with Crippen LogP contribution in [0.15, 0.2) is 79.8 Å². The SMILES string of the molecule is C=CCC(Oc1ncnc2[nH]ccc12)c1cc2cccc(C)c2nc1-c1ccccc1Cl. The van der Waals surface area contributed by atoms with Crippen LogP contribution in [0.1, 0.15) is 23.7 Å². The lowest BCUT2D eigenvalue weighted by atomic mass is 9.96. The van der Waals surface area contributed by atoms with Crippen molar-refractivity contribution in [3.8, 4) is 17.1 Å². The molecule has 0 fully saturated rings. The first-order chi connectivity index (χ1) is 15.7. The quantitative estimate of drug-likeness (QED) is 0.294. The van der Waals surface area contributed by atoms with Gasteiger partial charge < -0.3 is 9.72 Å². The minimum Gasteiger partial charge on any atom is -0.468 e. The number of benzene rings is 2. The molecule has 0 aliphatic rings. The third kappa shape index (κ3) is 3.61. The second-order valence-electron chi connectivity index (χ2n) is 7.60. The summed E-state index contributed by atoms with van der Waals surface area (Å²) in [4.78, 5) is 16.8. The van der Waals surface area contributed by atoms with Gasteiger partial charge in [-0.2, -0.15) is 0 Å². The monoisotopic (exact) mass is 440 g/mol. The molecule has 1 N–H and O–H groups in total. The number of aromatic amines is 1. The van der Waals surface area contributed by atoms with Crippen molar-refractivity contribution < 1.29 is 4.74 Å². The summed E-state index contributed by atoms with van der Waals surface area (Å²) in [5, 5.41) is 2.51. The second-order valence-corrected chi connectivity index (χ2v) is 8.01. The van der Waals surface area contributed by atoms with Gasteiger partial charge >= 0.3 is 0 Å². The second kappa shape index (κ2) is 8.44. The van der Waals surface area contributed by atoms with Crippen LogP contribution in [-0.2, 0) is 0 Å².